The molecule has 2 rings (SSSR count). The lowest BCUT2D eigenvalue weighted by Crippen LogP contribution is -2.40. The quantitative estimate of drug-likeness (QED) is 0.709. The molecule has 1 aliphatic heterocycles. The zero-order valence-corrected chi connectivity index (χ0v) is 19.9. The summed E-state index contributed by atoms with van der Waals surface area (Å²) in [6.07, 6.45) is 5.01. The van der Waals surface area contributed by atoms with Gasteiger partial charge < -0.3 is 20.1 Å². The molecule has 1 aromatic heterocycles. The van der Waals surface area contributed by atoms with Crippen LogP contribution in [-0.2, 0) is 9.47 Å². The summed E-state index contributed by atoms with van der Waals surface area (Å²) < 4.78 is 12.5. The van der Waals surface area contributed by atoms with Crippen molar-refractivity contribution >= 4 is 23.9 Å². The molecule has 32 heavy (non-hydrogen) atoms. The van der Waals surface area contributed by atoms with Crippen LogP contribution in [0.3, 0.4) is 0 Å². The largest absolute Gasteiger partial charge is 0.444 e. The number of rotatable bonds is 4. The lowest BCUT2D eigenvalue weighted by atomic mass is 10.2. The predicted molar refractivity (Wildman–Crippen MR) is 119 cm³/mol. The number of likely N-dealkylation sites (tertiary alicyclic amines) is 1. The van der Waals surface area contributed by atoms with Gasteiger partial charge in [-0.15, -0.1) is 6.42 Å². The van der Waals surface area contributed by atoms with Crippen LogP contribution in [0.5, 0.6) is 0 Å². The molecular weight excluding hydrogens is 414 g/mol. The van der Waals surface area contributed by atoms with Crippen molar-refractivity contribution in [2.45, 2.75) is 72.1 Å². The molecule has 0 saturated carbocycles. The summed E-state index contributed by atoms with van der Waals surface area (Å²) in [6.45, 7) is 13.2. The second-order valence-electron chi connectivity index (χ2n) is 9.59. The molecule has 2 heterocycles. The van der Waals surface area contributed by atoms with Gasteiger partial charge in [-0.2, -0.15) is 5.10 Å². The van der Waals surface area contributed by atoms with Crippen molar-refractivity contribution < 1.29 is 23.9 Å². The minimum absolute atomic E-state index is 0.0315. The van der Waals surface area contributed by atoms with Gasteiger partial charge in [-0.05, 0) is 60.8 Å². The van der Waals surface area contributed by atoms with Crippen molar-refractivity contribution in [1.82, 2.24) is 14.7 Å². The van der Waals surface area contributed by atoms with Crippen LogP contribution in [0.25, 0.3) is 0 Å². The zero-order valence-electron chi connectivity index (χ0n) is 19.9. The number of anilines is 1. The molecule has 0 aliphatic carbocycles. The highest BCUT2D eigenvalue weighted by molar-refractivity contribution is 6.03. The van der Waals surface area contributed by atoms with Gasteiger partial charge in [0.05, 0.1) is 6.04 Å². The number of carbonyl (C=O) groups excluding carboxylic acids is 3. The topological polar surface area (TPSA) is 120 Å². The van der Waals surface area contributed by atoms with Crippen molar-refractivity contribution in [1.29, 1.82) is 0 Å². The summed E-state index contributed by atoms with van der Waals surface area (Å²) in [5.41, 5.74) is 4.24. The monoisotopic (exact) mass is 447 g/mol. The molecule has 1 aliphatic rings. The Bertz CT molecular complexity index is 932. The van der Waals surface area contributed by atoms with Gasteiger partial charge in [0, 0.05) is 19.6 Å². The molecule has 0 spiro atoms. The third-order valence-electron chi connectivity index (χ3n) is 4.61. The first-order valence-electron chi connectivity index (χ1n) is 10.6. The first kappa shape index (κ1) is 25.0. The van der Waals surface area contributed by atoms with Crippen LogP contribution in [0, 0.1) is 12.3 Å². The highest BCUT2D eigenvalue weighted by Gasteiger charge is 2.37. The van der Waals surface area contributed by atoms with E-state index >= 15 is 0 Å². The van der Waals surface area contributed by atoms with Gasteiger partial charge in [-0.1, -0.05) is 0 Å². The van der Waals surface area contributed by atoms with Crippen LogP contribution in [-0.4, -0.2) is 63.6 Å². The SMILES string of the molecule is C#Cc1nn([C@H]2CCN(C(=O)OC(C)(C)C)C2)c(N(CC)C(=O)OC(C)(C)C)c1C(N)=O. The zero-order chi connectivity index (χ0) is 24.4. The van der Waals surface area contributed by atoms with E-state index in [0.717, 1.165) is 0 Å². The molecule has 176 valence electrons. The molecule has 0 bridgehead atoms. The van der Waals surface area contributed by atoms with Crippen LogP contribution in [0.2, 0.25) is 0 Å². The minimum Gasteiger partial charge on any atom is -0.444 e. The third-order valence-corrected chi connectivity index (χ3v) is 4.61. The summed E-state index contributed by atoms with van der Waals surface area (Å²) in [5, 5.41) is 4.40. The van der Waals surface area contributed by atoms with Crippen LogP contribution in [0.1, 0.15) is 77.0 Å². The Balaban J connectivity index is 2.48. The average molecular weight is 448 g/mol. The molecule has 1 saturated heterocycles. The van der Waals surface area contributed by atoms with Gasteiger partial charge in [0.15, 0.2) is 5.82 Å². The van der Waals surface area contributed by atoms with Crippen LogP contribution in [0.4, 0.5) is 15.4 Å². The molecule has 1 aromatic rings. The number of ether oxygens (including phenoxy) is 2. The van der Waals surface area contributed by atoms with Gasteiger partial charge in [-0.3, -0.25) is 9.69 Å². The molecule has 10 heteroatoms. The number of hydrogen-bond acceptors (Lipinski definition) is 6. The Morgan fingerprint density at radius 2 is 1.78 bits per heavy atom. The summed E-state index contributed by atoms with van der Waals surface area (Å²) in [5.74, 6) is 1.74. The van der Waals surface area contributed by atoms with Crippen molar-refractivity contribution in [2.24, 2.45) is 5.73 Å². The van der Waals surface area contributed by atoms with Gasteiger partial charge in [0.25, 0.3) is 5.91 Å². The fraction of sp³-hybridized carbons (Fsp3) is 0.636. The molecular formula is C22H33N5O5. The van der Waals surface area contributed by atoms with Crippen molar-refractivity contribution in [3.05, 3.63) is 11.3 Å². The Morgan fingerprint density at radius 3 is 2.25 bits per heavy atom. The van der Waals surface area contributed by atoms with Gasteiger partial charge in [-0.25, -0.2) is 14.3 Å². The smallest absolute Gasteiger partial charge is 0.416 e. The number of primary amides is 1. The lowest BCUT2D eigenvalue weighted by Gasteiger charge is -2.28. The molecule has 1 fully saturated rings. The summed E-state index contributed by atoms with van der Waals surface area (Å²) in [7, 11) is 0. The summed E-state index contributed by atoms with van der Waals surface area (Å²) >= 11 is 0. The standard InChI is InChI=1S/C22H33N5O5/c1-9-15-16(17(23)28)18(26(10-2)20(30)32-22(6,7)8)27(24-15)14-11-12-25(13-14)19(29)31-21(3,4)5/h1,14H,10-13H2,2-8H3,(H2,23,28)/t14-/m0/s1. The maximum atomic E-state index is 12.9. The van der Waals surface area contributed by atoms with Gasteiger partial charge >= 0.3 is 12.2 Å². The second-order valence-corrected chi connectivity index (χ2v) is 9.59. The molecule has 3 amide bonds. The maximum absolute atomic E-state index is 12.9. The maximum Gasteiger partial charge on any atom is 0.416 e. The van der Waals surface area contributed by atoms with Crippen LogP contribution < -0.4 is 10.6 Å². The second kappa shape index (κ2) is 9.10. The van der Waals surface area contributed by atoms with Crippen LogP contribution >= 0.6 is 0 Å². The summed E-state index contributed by atoms with van der Waals surface area (Å²) in [4.78, 5) is 40.6. The van der Waals surface area contributed by atoms with E-state index in [1.54, 1.807) is 53.4 Å². The van der Waals surface area contributed by atoms with E-state index in [9.17, 15) is 14.4 Å². The highest BCUT2D eigenvalue weighted by atomic mass is 16.6. The third kappa shape index (κ3) is 5.72. The van der Waals surface area contributed by atoms with E-state index in [0.29, 0.717) is 13.0 Å². The van der Waals surface area contributed by atoms with Gasteiger partial charge in [0.2, 0.25) is 0 Å². The normalized spacial score (nSPS) is 16.4. The first-order valence-corrected chi connectivity index (χ1v) is 10.6. The van der Waals surface area contributed by atoms with E-state index in [1.165, 1.54) is 9.58 Å². The number of nitrogens with two attached hydrogens (primary N) is 1. The number of carbonyl (C=O) groups is 3. The molecule has 0 aromatic carbocycles. The van der Waals surface area contributed by atoms with Crippen molar-refractivity contribution in [2.75, 3.05) is 24.5 Å². The van der Waals surface area contributed by atoms with Gasteiger partial charge in [0.1, 0.15) is 22.5 Å². The van der Waals surface area contributed by atoms with E-state index in [2.05, 4.69) is 11.0 Å². The Kier molecular flexibility index (Phi) is 7.13. The molecule has 2 N–H and O–H groups in total. The van der Waals surface area contributed by atoms with Crippen molar-refractivity contribution in [3.8, 4) is 12.3 Å². The number of aromatic nitrogens is 2. The number of amides is 3. The fourth-order valence-corrected chi connectivity index (χ4v) is 3.38. The number of nitrogens with zero attached hydrogens (tertiary/aromatic N) is 4. The van der Waals surface area contributed by atoms with E-state index in [-0.39, 0.29) is 36.2 Å². The Morgan fingerprint density at radius 1 is 1.19 bits per heavy atom. The minimum atomic E-state index is -0.803. The van der Waals surface area contributed by atoms with E-state index in [4.69, 9.17) is 21.6 Å². The first-order chi connectivity index (χ1) is 14.7. The predicted octanol–water partition coefficient (Wildman–Crippen LogP) is 2.91. The summed E-state index contributed by atoms with van der Waals surface area (Å²) in [6, 6.07) is -0.339. The molecule has 10 nitrogen and oxygen atoms in total. The Hall–Kier alpha value is -3.22. The fourth-order valence-electron chi connectivity index (χ4n) is 3.38. The molecule has 1 atom stereocenters. The van der Waals surface area contributed by atoms with Crippen LogP contribution in [0.15, 0.2) is 0 Å². The van der Waals surface area contributed by atoms with E-state index in [1.807, 2.05) is 0 Å². The Labute approximate surface area is 189 Å². The van der Waals surface area contributed by atoms with E-state index < -0.39 is 29.3 Å². The molecule has 0 unspecified atom stereocenters. The van der Waals surface area contributed by atoms with Crippen molar-refractivity contribution in [3.63, 3.8) is 0 Å². The number of hydrogen-bond donors (Lipinski definition) is 1. The molecule has 0 radical (unpaired) electrons. The number of terminal acetylenes is 1. The average Bonchev–Trinajstić information content (AvgIpc) is 3.24. The highest BCUT2D eigenvalue weighted by Crippen LogP contribution is 2.33. The lowest BCUT2D eigenvalue weighted by molar-refractivity contribution is 0.0287.